The molecule has 3 amide bonds. The Hall–Kier alpha value is -4.46. The number of aryl methyl sites for hydroxylation is 2. The molecule has 0 fully saturated rings. The van der Waals surface area contributed by atoms with Crippen molar-refractivity contribution in [3.05, 3.63) is 101 Å². The second kappa shape index (κ2) is 14.2. The smallest absolute Gasteiger partial charge is 0.305 e. The van der Waals surface area contributed by atoms with Crippen molar-refractivity contribution in [2.45, 2.75) is 39.0 Å². The highest BCUT2D eigenvalue weighted by Gasteiger charge is 2.11. The first-order valence-electron chi connectivity index (χ1n) is 12.2. The number of amides is 3. The molecule has 3 rings (SSSR count). The highest BCUT2D eigenvalue weighted by Crippen LogP contribution is 2.13. The van der Waals surface area contributed by atoms with Crippen LogP contribution in [0.1, 0.15) is 57.5 Å². The molecule has 0 radical (unpaired) electrons. The molecule has 0 atom stereocenters. The molecule has 0 aliphatic rings. The lowest BCUT2D eigenvalue weighted by Crippen LogP contribution is -2.41. The lowest BCUT2D eigenvalue weighted by molar-refractivity contribution is -0.143. The summed E-state index contributed by atoms with van der Waals surface area (Å²) < 4.78 is 5.20. The van der Waals surface area contributed by atoms with Gasteiger partial charge >= 0.3 is 5.97 Å². The molecule has 0 spiro atoms. The molecule has 3 aromatic carbocycles. The van der Waals surface area contributed by atoms with E-state index in [1.54, 1.807) is 36.4 Å². The van der Waals surface area contributed by atoms with Crippen molar-refractivity contribution < 1.29 is 23.9 Å². The number of ether oxygens (including phenoxy) is 1. The molecule has 3 N–H and O–H groups in total. The van der Waals surface area contributed by atoms with Crippen molar-refractivity contribution in [2.75, 3.05) is 11.9 Å². The predicted octanol–water partition coefficient (Wildman–Crippen LogP) is 4.35. The Labute approximate surface area is 216 Å². The van der Waals surface area contributed by atoms with E-state index in [-0.39, 0.29) is 24.7 Å². The number of hydrazine groups is 1. The highest BCUT2D eigenvalue weighted by molar-refractivity contribution is 6.05. The monoisotopic (exact) mass is 501 g/mol. The lowest BCUT2D eigenvalue weighted by atomic mass is 10.1. The topological polar surface area (TPSA) is 114 Å². The maximum Gasteiger partial charge on any atom is 0.305 e. The fourth-order valence-electron chi connectivity index (χ4n) is 3.56. The molecule has 37 heavy (non-hydrogen) atoms. The Morgan fingerprint density at radius 1 is 0.730 bits per heavy atom. The fourth-order valence-corrected chi connectivity index (χ4v) is 3.56. The minimum atomic E-state index is -0.497. The summed E-state index contributed by atoms with van der Waals surface area (Å²) in [7, 11) is 0. The number of rotatable bonds is 11. The van der Waals surface area contributed by atoms with Gasteiger partial charge in [0.05, 0.1) is 6.61 Å². The van der Waals surface area contributed by atoms with Crippen LogP contribution >= 0.6 is 0 Å². The SMILES string of the molecule is Cc1ccccc1C(=O)Nc1ccc(C(=O)NNC(=O)CCCC(=O)OCCCc2ccccc2)cc1. The van der Waals surface area contributed by atoms with E-state index < -0.39 is 11.8 Å². The van der Waals surface area contributed by atoms with Gasteiger partial charge < -0.3 is 10.1 Å². The summed E-state index contributed by atoms with van der Waals surface area (Å²) in [5, 5.41) is 2.79. The number of anilines is 1. The molecule has 0 saturated carbocycles. The number of hydrogen-bond donors (Lipinski definition) is 3. The quantitative estimate of drug-likeness (QED) is 0.205. The molecular weight excluding hydrogens is 470 g/mol. The summed E-state index contributed by atoms with van der Waals surface area (Å²) in [4.78, 5) is 48.5. The number of nitrogens with one attached hydrogen (secondary N) is 3. The Morgan fingerprint density at radius 2 is 1.43 bits per heavy atom. The van der Waals surface area contributed by atoms with Crippen molar-refractivity contribution in [1.82, 2.24) is 10.9 Å². The Morgan fingerprint density at radius 3 is 2.16 bits per heavy atom. The van der Waals surface area contributed by atoms with Crippen LogP contribution in [-0.2, 0) is 20.7 Å². The van der Waals surface area contributed by atoms with Gasteiger partial charge in [0.1, 0.15) is 0 Å². The van der Waals surface area contributed by atoms with Crippen molar-refractivity contribution >= 4 is 29.4 Å². The van der Waals surface area contributed by atoms with Gasteiger partial charge in [-0.2, -0.15) is 0 Å². The lowest BCUT2D eigenvalue weighted by Gasteiger charge is -2.10. The van der Waals surface area contributed by atoms with E-state index in [1.807, 2.05) is 49.4 Å². The third-order valence-electron chi connectivity index (χ3n) is 5.61. The summed E-state index contributed by atoms with van der Waals surface area (Å²) in [6.07, 6.45) is 2.09. The number of carbonyl (C=O) groups is 4. The maximum atomic E-state index is 12.4. The molecule has 0 aliphatic heterocycles. The summed E-state index contributed by atoms with van der Waals surface area (Å²) in [5.41, 5.74) is 8.17. The zero-order valence-corrected chi connectivity index (χ0v) is 20.8. The summed E-state index contributed by atoms with van der Waals surface area (Å²) in [5.74, 6) is -1.49. The van der Waals surface area contributed by atoms with Crippen molar-refractivity contribution in [2.24, 2.45) is 0 Å². The van der Waals surface area contributed by atoms with Gasteiger partial charge in [-0.05, 0) is 67.6 Å². The third-order valence-corrected chi connectivity index (χ3v) is 5.61. The molecule has 8 heteroatoms. The van der Waals surface area contributed by atoms with Gasteiger partial charge in [0.15, 0.2) is 0 Å². The zero-order valence-electron chi connectivity index (χ0n) is 20.8. The molecule has 0 bridgehead atoms. The van der Waals surface area contributed by atoms with Crippen LogP contribution in [0, 0.1) is 6.92 Å². The molecule has 0 unspecified atom stereocenters. The van der Waals surface area contributed by atoms with E-state index in [4.69, 9.17) is 4.74 Å². The molecule has 0 aromatic heterocycles. The predicted molar refractivity (Wildman–Crippen MR) is 141 cm³/mol. The number of hydrogen-bond acceptors (Lipinski definition) is 5. The van der Waals surface area contributed by atoms with Crippen molar-refractivity contribution in [3.63, 3.8) is 0 Å². The van der Waals surface area contributed by atoms with Crippen LogP contribution in [0.3, 0.4) is 0 Å². The standard InChI is InChI=1S/C29H31N3O5/c1-21-9-5-6-13-25(21)29(36)30-24-18-16-23(17-19-24)28(35)32-31-26(33)14-7-15-27(34)37-20-8-12-22-10-3-2-4-11-22/h2-6,9-11,13,16-19H,7-8,12,14-15,20H2,1H3,(H,30,36)(H,31,33)(H,32,35). The number of esters is 1. The molecule has 8 nitrogen and oxygen atoms in total. The second-order valence-corrected chi connectivity index (χ2v) is 8.51. The third kappa shape index (κ3) is 9.25. The van der Waals surface area contributed by atoms with Crippen LogP contribution in [0.25, 0.3) is 0 Å². The van der Waals surface area contributed by atoms with Crippen LogP contribution in [0.4, 0.5) is 5.69 Å². The van der Waals surface area contributed by atoms with Crippen LogP contribution < -0.4 is 16.2 Å². The van der Waals surface area contributed by atoms with Gasteiger partial charge in [-0.15, -0.1) is 0 Å². The summed E-state index contributed by atoms with van der Waals surface area (Å²) >= 11 is 0. The minimum Gasteiger partial charge on any atom is -0.466 e. The fraction of sp³-hybridized carbons (Fsp3) is 0.241. The average molecular weight is 502 g/mol. The van der Waals surface area contributed by atoms with Gasteiger partial charge in [-0.25, -0.2) is 0 Å². The van der Waals surface area contributed by atoms with Crippen LogP contribution in [0.15, 0.2) is 78.9 Å². The largest absolute Gasteiger partial charge is 0.466 e. The van der Waals surface area contributed by atoms with Crippen LogP contribution in [-0.4, -0.2) is 30.3 Å². The van der Waals surface area contributed by atoms with Gasteiger partial charge in [-0.1, -0.05) is 48.5 Å². The highest BCUT2D eigenvalue weighted by atomic mass is 16.5. The Balaban J connectivity index is 1.30. The van der Waals surface area contributed by atoms with Gasteiger partial charge in [0, 0.05) is 29.7 Å². The molecule has 3 aromatic rings. The molecule has 0 saturated heterocycles. The van der Waals surface area contributed by atoms with Crippen molar-refractivity contribution in [3.8, 4) is 0 Å². The molecular formula is C29H31N3O5. The average Bonchev–Trinajstić information content (AvgIpc) is 2.91. The minimum absolute atomic E-state index is 0.0727. The zero-order chi connectivity index (χ0) is 26.5. The summed E-state index contributed by atoms with van der Waals surface area (Å²) in [6.45, 7) is 2.20. The van der Waals surface area contributed by atoms with E-state index in [0.29, 0.717) is 29.8 Å². The number of carbonyl (C=O) groups excluding carboxylic acids is 4. The van der Waals surface area contributed by atoms with E-state index in [9.17, 15) is 19.2 Å². The van der Waals surface area contributed by atoms with E-state index in [2.05, 4.69) is 16.2 Å². The Bertz CT molecular complexity index is 1210. The normalized spacial score (nSPS) is 10.3. The maximum absolute atomic E-state index is 12.4. The second-order valence-electron chi connectivity index (χ2n) is 8.51. The van der Waals surface area contributed by atoms with E-state index in [0.717, 1.165) is 18.4 Å². The first-order valence-corrected chi connectivity index (χ1v) is 12.2. The van der Waals surface area contributed by atoms with Gasteiger partial charge in [-0.3, -0.25) is 30.0 Å². The first-order chi connectivity index (χ1) is 17.9. The Kier molecular flexibility index (Phi) is 10.4. The van der Waals surface area contributed by atoms with Crippen LogP contribution in [0.5, 0.6) is 0 Å². The van der Waals surface area contributed by atoms with Crippen molar-refractivity contribution in [1.29, 1.82) is 0 Å². The first kappa shape index (κ1) is 27.1. The summed E-state index contributed by atoms with van der Waals surface area (Å²) in [6, 6.07) is 23.5. The molecule has 0 heterocycles. The number of benzene rings is 3. The van der Waals surface area contributed by atoms with E-state index in [1.165, 1.54) is 5.56 Å². The van der Waals surface area contributed by atoms with Crippen LogP contribution in [0.2, 0.25) is 0 Å². The van der Waals surface area contributed by atoms with E-state index >= 15 is 0 Å². The van der Waals surface area contributed by atoms with Gasteiger partial charge in [0.25, 0.3) is 11.8 Å². The van der Waals surface area contributed by atoms with Gasteiger partial charge in [0.2, 0.25) is 5.91 Å². The molecule has 192 valence electrons. The molecule has 0 aliphatic carbocycles.